The molecule has 7 nitrogen and oxygen atoms in total. The molecule has 0 saturated carbocycles. The molecule has 0 aromatic heterocycles. The van der Waals surface area contributed by atoms with Crippen molar-refractivity contribution in [2.75, 3.05) is 13.1 Å². The molecule has 0 radical (unpaired) electrons. The number of β-amino-alcohol motifs (C(OH)–C–C–N with tert-alkyl or cyclic N) is 1. The predicted molar refractivity (Wildman–Crippen MR) is 72.5 cm³/mol. The predicted octanol–water partition coefficient (Wildman–Crippen LogP) is 0.881. The number of aliphatic hydroxyl groups is 1. The van der Waals surface area contributed by atoms with Crippen LogP contribution in [-0.4, -0.2) is 41.4 Å². The van der Waals surface area contributed by atoms with E-state index in [9.17, 15) is 23.6 Å². The van der Waals surface area contributed by atoms with Gasteiger partial charge in [0.15, 0.2) is 0 Å². The van der Waals surface area contributed by atoms with Gasteiger partial charge < -0.3 is 5.11 Å². The summed E-state index contributed by atoms with van der Waals surface area (Å²) in [6.45, 7) is 1.83. The van der Waals surface area contributed by atoms with Gasteiger partial charge in [0.1, 0.15) is 0 Å². The quantitative estimate of drug-likeness (QED) is 0.657. The molecular formula is C12H16N2O5S. The highest BCUT2D eigenvalue weighted by molar-refractivity contribution is 7.88. The first kappa shape index (κ1) is 14.9. The Bertz CT molecular complexity index is 626. The Morgan fingerprint density at radius 3 is 2.65 bits per heavy atom. The second kappa shape index (κ2) is 5.12. The molecule has 1 heterocycles. The highest BCUT2D eigenvalue weighted by Gasteiger charge is 2.38. The Balaban J connectivity index is 2.24. The fourth-order valence-electron chi connectivity index (χ4n) is 2.24. The summed E-state index contributed by atoms with van der Waals surface area (Å²) in [6.07, 6.45) is 0.364. The van der Waals surface area contributed by atoms with Crippen molar-refractivity contribution in [2.45, 2.75) is 24.7 Å². The highest BCUT2D eigenvalue weighted by Crippen LogP contribution is 2.27. The van der Waals surface area contributed by atoms with Crippen molar-refractivity contribution in [3.05, 3.63) is 39.9 Å². The van der Waals surface area contributed by atoms with Crippen LogP contribution < -0.4 is 0 Å². The van der Waals surface area contributed by atoms with Crippen LogP contribution in [0.4, 0.5) is 5.69 Å². The van der Waals surface area contributed by atoms with Gasteiger partial charge in [-0.2, -0.15) is 4.31 Å². The second-order valence-corrected chi connectivity index (χ2v) is 7.19. The average Bonchev–Trinajstić information content (AvgIpc) is 2.70. The van der Waals surface area contributed by atoms with Crippen LogP contribution in [0.15, 0.2) is 24.3 Å². The molecule has 0 amide bonds. The molecule has 8 heteroatoms. The molecule has 1 aliphatic rings. The van der Waals surface area contributed by atoms with Gasteiger partial charge in [0.2, 0.25) is 10.0 Å². The van der Waals surface area contributed by atoms with Crippen molar-refractivity contribution < 1.29 is 18.4 Å². The summed E-state index contributed by atoms with van der Waals surface area (Å²) in [5.41, 5.74) is -1.08. The Labute approximate surface area is 117 Å². The molecule has 1 unspecified atom stereocenters. The number of hydrogen-bond acceptors (Lipinski definition) is 5. The maximum absolute atomic E-state index is 12.3. The lowest BCUT2D eigenvalue weighted by molar-refractivity contribution is -0.385. The molecule has 1 aromatic carbocycles. The molecule has 110 valence electrons. The zero-order chi connectivity index (χ0) is 15.0. The second-order valence-electron chi connectivity index (χ2n) is 5.22. The van der Waals surface area contributed by atoms with Crippen molar-refractivity contribution in [2.24, 2.45) is 0 Å². The smallest absolute Gasteiger partial charge is 0.273 e. The Hall–Kier alpha value is -1.51. The van der Waals surface area contributed by atoms with E-state index in [1.165, 1.54) is 22.5 Å². The van der Waals surface area contributed by atoms with Gasteiger partial charge in [0.25, 0.3) is 5.69 Å². The van der Waals surface area contributed by atoms with E-state index >= 15 is 0 Å². The maximum Gasteiger partial charge on any atom is 0.273 e. The van der Waals surface area contributed by atoms with Crippen LogP contribution in [0.1, 0.15) is 18.9 Å². The molecule has 0 bridgehead atoms. The standard InChI is InChI=1S/C12H16N2O5S/c1-12(15)6-7-13(9-12)20(18,19)8-10-4-2-3-5-11(10)14(16)17/h2-5,15H,6-9H2,1H3. The third-order valence-electron chi connectivity index (χ3n) is 3.34. The lowest BCUT2D eigenvalue weighted by Gasteiger charge is -2.18. The van der Waals surface area contributed by atoms with Crippen LogP contribution in [0.3, 0.4) is 0 Å². The number of hydrogen-bond donors (Lipinski definition) is 1. The normalized spacial score (nSPS) is 23.9. The van der Waals surface area contributed by atoms with Crippen molar-refractivity contribution in [1.82, 2.24) is 4.31 Å². The van der Waals surface area contributed by atoms with E-state index in [4.69, 9.17) is 0 Å². The first-order valence-electron chi connectivity index (χ1n) is 6.14. The Kier molecular flexibility index (Phi) is 3.81. The van der Waals surface area contributed by atoms with E-state index in [-0.39, 0.29) is 24.3 Å². The lowest BCUT2D eigenvalue weighted by Crippen LogP contribution is -2.34. The molecular weight excluding hydrogens is 284 g/mol. The van der Waals surface area contributed by atoms with E-state index < -0.39 is 26.3 Å². The molecule has 0 spiro atoms. The number of rotatable bonds is 4. The Morgan fingerprint density at radius 2 is 2.10 bits per heavy atom. The van der Waals surface area contributed by atoms with E-state index in [0.717, 1.165) is 0 Å². The molecule has 20 heavy (non-hydrogen) atoms. The van der Waals surface area contributed by atoms with E-state index in [2.05, 4.69) is 0 Å². The number of benzene rings is 1. The molecule has 1 saturated heterocycles. The SMILES string of the molecule is CC1(O)CCN(S(=O)(=O)Cc2ccccc2[N+](=O)[O-])C1. The van der Waals surface area contributed by atoms with Crippen LogP contribution in [0.5, 0.6) is 0 Å². The number of sulfonamides is 1. The van der Waals surface area contributed by atoms with Gasteiger partial charge in [-0.1, -0.05) is 18.2 Å². The van der Waals surface area contributed by atoms with E-state index in [1.807, 2.05) is 0 Å². The molecule has 1 fully saturated rings. The number of nitro groups is 1. The Morgan fingerprint density at radius 1 is 1.45 bits per heavy atom. The summed E-state index contributed by atoms with van der Waals surface area (Å²) in [4.78, 5) is 10.3. The van der Waals surface area contributed by atoms with Crippen LogP contribution in [0, 0.1) is 10.1 Å². The van der Waals surface area contributed by atoms with E-state index in [1.54, 1.807) is 13.0 Å². The molecule has 1 N–H and O–H groups in total. The average molecular weight is 300 g/mol. The van der Waals surface area contributed by atoms with Gasteiger partial charge in [-0.25, -0.2) is 8.42 Å². The minimum atomic E-state index is -3.67. The first-order valence-corrected chi connectivity index (χ1v) is 7.75. The van der Waals surface area contributed by atoms with Gasteiger partial charge in [-0.3, -0.25) is 10.1 Å². The fraction of sp³-hybridized carbons (Fsp3) is 0.500. The van der Waals surface area contributed by atoms with Crippen LogP contribution in [-0.2, 0) is 15.8 Å². The summed E-state index contributed by atoms with van der Waals surface area (Å²) in [7, 11) is -3.67. The summed E-state index contributed by atoms with van der Waals surface area (Å²) < 4.78 is 25.7. The zero-order valence-electron chi connectivity index (χ0n) is 11.0. The topological polar surface area (TPSA) is 101 Å². The van der Waals surface area contributed by atoms with Crippen molar-refractivity contribution in [3.8, 4) is 0 Å². The number of para-hydroxylation sites is 1. The number of nitro benzene ring substituents is 1. The number of nitrogens with zero attached hydrogens (tertiary/aromatic N) is 2. The molecule has 0 aliphatic carbocycles. The van der Waals surface area contributed by atoms with Crippen LogP contribution >= 0.6 is 0 Å². The van der Waals surface area contributed by atoms with Gasteiger partial charge in [-0.05, 0) is 13.3 Å². The first-order chi connectivity index (χ1) is 9.21. The fourth-order valence-corrected chi connectivity index (χ4v) is 3.90. The monoisotopic (exact) mass is 300 g/mol. The molecule has 1 aromatic rings. The van der Waals surface area contributed by atoms with Gasteiger partial charge >= 0.3 is 0 Å². The molecule has 2 rings (SSSR count). The summed E-state index contributed by atoms with van der Waals surface area (Å²) in [5, 5.41) is 20.7. The van der Waals surface area contributed by atoms with Crippen molar-refractivity contribution >= 4 is 15.7 Å². The van der Waals surface area contributed by atoms with Gasteiger partial charge in [-0.15, -0.1) is 0 Å². The maximum atomic E-state index is 12.3. The zero-order valence-corrected chi connectivity index (χ0v) is 11.8. The third kappa shape index (κ3) is 3.14. The summed E-state index contributed by atoms with van der Waals surface area (Å²) in [6, 6.07) is 5.78. The summed E-state index contributed by atoms with van der Waals surface area (Å²) >= 11 is 0. The minimum Gasteiger partial charge on any atom is -0.389 e. The minimum absolute atomic E-state index is 0.0238. The molecule has 1 atom stereocenters. The van der Waals surface area contributed by atoms with Gasteiger partial charge in [0, 0.05) is 24.7 Å². The molecule has 1 aliphatic heterocycles. The van der Waals surface area contributed by atoms with Gasteiger partial charge in [0.05, 0.1) is 16.3 Å². The highest BCUT2D eigenvalue weighted by atomic mass is 32.2. The van der Waals surface area contributed by atoms with Crippen molar-refractivity contribution in [3.63, 3.8) is 0 Å². The lowest BCUT2D eigenvalue weighted by atomic mass is 10.1. The van der Waals surface area contributed by atoms with Crippen LogP contribution in [0.2, 0.25) is 0 Å². The van der Waals surface area contributed by atoms with Crippen LogP contribution in [0.25, 0.3) is 0 Å². The van der Waals surface area contributed by atoms with Crippen molar-refractivity contribution in [1.29, 1.82) is 0 Å². The largest absolute Gasteiger partial charge is 0.389 e. The third-order valence-corrected chi connectivity index (χ3v) is 5.11. The van der Waals surface area contributed by atoms with E-state index in [0.29, 0.717) is 6.42 Å². The summed E-state index contributed by atoms with van der Waals surface area (Å²) in [5.74, 6) is -0.430.